The van der Waals surface area contributed by atoms with Crippen LogP contribution in [0.4, 0.5) is 5.69 Å². The van der Waals surface area contributed by atoms with Crippen molar-refractivity contribution in [3.05, 3.63) is 63.7 Å². The fraction of sp³-hybridized carbons (Fsp3) is 0.235. The van der Waals surface area contributed by atoms with Crippen LogP contribution in [0, 0.1) is 10.1 Å². The van der Waals surface area contributed by atoms with Gasteiger partial charge in [-0.25, -0.2) is 0 Å². The molecule has 2 rings (SSSR count). The molecule has 0 aromatic heterocycles. The summed E-state index contributed by atoms with van der Waals surface area (Å²) in [5, 5.41) is 10.7. The van der Waals surface area contributed by atoms with E-state index in [1.54, 1.807) is 27.3 Å². The van der Waals surface area contributed by atoms with Gasteiger partial charge in [-0.15, -0.1) is 0 Å². The minimum absolute atomic E-state index is 0.0522. The molecule has 0 N–H and O–H groups in total. The van der Waals surface area contributed by atoms with Crippen LogP contribution in [0.5, 0.6) is 11.5 Å². The minimum Gasteiger partial charge on any atom is -0.493 e. The molecule has 2 aromatic rings. The summed E-state index contributed by atoms with van der Waals surface area (Å²) in [6.45, 7) is 0.316. The zero-order valence-corrected chi connectivity index (χ0v) is 13.7. The zero-order valence-electron chi connectivity index (χ0n) is 13.7. The average Bonchev–Trinajstić information content (AvgIpc) is 2.60. The van der Waals surface area contributed by atoms with Crippen LogP contribution in [0.2, 0.25) is 0 Å². The zero-order chi connectivity index (χ0) is 17.7. The molecule has 7 heteroatoms. The molecule has 126 valence electrons. The van der Waals surface area contributed by atoms with Gasteiger partial charge in [0.1, 0.15) is 0 Å². The van der Waals surface area contributed by atoms with Crippen LogP contribution in [0.15, 0.2) is 42.5 Å². The van der Waals surface area contributed by atoms with E-state index >= 15 is 0 Å². The largest absolute Gasteiger partial charge is 0.493 e. The van der Waals surface area contributed by atoms with Gasteiger partial charge >= 0.3 is 0 Å². The van der Waals surface area contributed by atoms with E-state index in [4.69, 9.17) is 9.47 Å². The van der Waals surface area contributed by atoms with E-state index in [0.717, 1.165) is 5.56 Å². The van der Waals surface area contributed by atoms with Gasteiger partial charge in [-0.05, 0) is 18.2 Å². The number of non-ortho nitro benzene ring substituents is 1. The lowest BCUT2D eigenvalue weighted by Gasteiger charge is -2.20. The molecule has 0 aliphatic rings. The molecule has 24 heavy (non-hydrogen) atoms. The summed E-state index contributed by atoms with van der Waals surface area (Å²) in [5.74, 6) is 0.921. The van der Waals surface area contributed by atoms with Gasteiger partial charge in [0, 0.05) is 36.9 Å². The second kappa shape index (κ2) is 7.45. The molecular formula is C17H18N2O5. The highest BCUT2D eigenvalue weighted by atomic mass is 16.6. The number of hydrogen-bond donors (Lipinski definition) is 0. The fourth-order valence-electron chi connectivity index (χ4n) is 2.35. The monoisotopic (exact) mass is 330 g/mol. The van der Waals surface area contributed by atoms with Gasteiger partial charge in [-0.2, -0.15) is 0 Å². The molecule has 0 saturated heterocycles. The van der Waals surface area contributed by atoms with Crippen LogP contribution >= 0.6 is 0 Å². The number of benzene rings is 2. The molecule has 0 heterocycles. The minimum atomic E-state index is -0.501. The van der Waals surface area contributed by atoms with E-state index in [9.17, 15) is 14.9 Å². The molecule has 0 aliphatic carbocycles. The lowest BCUT2D eigenvalue weighted by Crippen LogP contribution is -2.26. The molecular weight excluding hydrogens is 312 g/mol. The van der Waals surface area contributed by atoms with Gasteiger partial charge in [0.2, 0.25) is 0 Å². The van der Waals surface area contributed by atoms with Crippen molar-refractivity contribution in [1.82, 2.24) is 4.90 Å². The van der Waals surface area contributed by atoms with Crippen LogP contribution in [0.3, 0.4) is 0 Å². The summed E-state index contributed by atoms with van der Waals surface area (Å²) in [4.78, 5) is 24.2. The molecule has 1 amide bonds. The average molecular weight is 330 g/mol. The highest BCUT2D eigenvalue weighted by Gasteiger charge is 2.17. The van der Waals surface area contributed by atoms with Gasteiger partial charge in [-0.3, -0.25) is 14.9 Å². The Morgan fingerprint density at radius 1 is 1.12 bits per heavy atom. The number of carbonyl (C=O) groups is 1. The molecule has 0 fully saturated rings. The number of hydrogen-bond acceptors (Lipinski definition) is 5. The van der Waals surface area contributed by atoms with Gasteiger partial charge in [0.05, 0.1) is 19.1 Å². The van der Waals surface area contributed by atoms with Crippen molar-refractivity contribution < 1.29 is 19.2 Å². The lowest BCUT2D eigenvalue weighted by atomic mass is 10.1. The Bertz CT molecular complexity index is 743. The number of nitro benzene ring substituents is 1. The molecule has 0 atom stereocenters. The van der Waals surface area contributed by atoms with Crippen LogP contribution in [-0.4, -0.2) is 37.0 Å². The normalized spacial score (nSPS) is 10.1. The fourth-order valence-corrected chi connectivity index (χ4v) is 2.35. The van der Waals surface area contributed by atoms with Crippen molar-refractivity contribution >= 4 is 11.6 Å². The number of methoxy groups -OCH3 is 2. The Labute approximate surface area is 139 Å². The van der Waals surface area contributed by atoms with Crippen molar-refractivity contribution in [1.29, 1.82) is 0 Å². The Kier molecular flexibility index (Phi) is 5.36. The second-order valence-electron chi connectivity index (χ2n) is 5.12. The van der Waals surface area contributed by atoms with Gasteiger partial charge in [-0.1, -0.05) is 12.1 Å². The van der Waals surface area contributed by atoms with Gasteiger partial charge in [0.25, 0.3) is 11.6 Å². The first-order chi connectivity index (χ1) is 11.5. The maximum Gasteiger partial charge on any atom is 0.269 e. The molecule has 0 unspecified atom stereocenters. The van der Waals surface area contributed by atoms with E-state index in [-0.39, 0.29) is 11.6 Å². The Hall–Kier alpha value is -3.09. The van der Waals surface area contributed by atoms with E-state index in [1.807, 2.05) is 12.1 Å². The maximum atomic E-state index is 12.5. The molecule has 0 aliphatic heterocycles. The Morgan fingerprint density at radius 3 is 2.33 bits per heavy atom. The highest BCUT2D eigenvalue weighted by molar-refractivity contribution is 5.94. The predicted molar refractivity (Wildman–Crippen MR) is 88.4 cm³/mol. The van der Waals surface area contributed by atoms with E-state index in [0.29, 0.717) is 23.6 Å². The van der Waals surface area contributed by atoms with Crippen LogP contribution < -0.4 is 9.47 Å². The number of nitrogens with zero attached hydrogens (tertiary/aromatic N) is 2. The quantitative estimate of drug-likeness (QED) is 0.601. The maximum absolute atomic E-state index is 12.5. The first-order valence-corrected chi connectivity index (χ1v) is 7.17. The smallest absolute Gasteiger partial charge is 0.269 e. The van der Waals surface area contributed by atoms with Crippen molar-refractivity contribution in [2.45, 2.75) is 6.54 Å². The number of rotatable bonds is 6. The molecule has 0 spiro atoms. The summed E-state index contributed by atoms with van der Waals surface area (Å²) in [6.07, 6.45) is 0. The summed E-state index contributed by atoms with van der Waals surface area (Å²) in [7, 11) is 4.75. The van der Waals surface area contributed by atoms with Crippen molar-refractivity contribution in [3.8, 4) is 11.5 Å². The SMILES string of the molecule is COc1cccc(CN(C)C(=O)c2ccc([N+](=O)[O-])cc2)c1OC. The third-order valence-corrected chi connectivity index (χ3v) is 3.56. The highest BCUT2D eigenvalue weighted by Crippen LogP contribution is 2.31. The van der Waals surface area contributed by atoms with E-state index < -0.39 is 4.92 Å². The molecule has 0 saturated carbocycles. The molecule has 2 aromatic carbocycles. The van der Waals surface area contributed by atoms with Crippen LogP contribution in [-0.2, 0) is 6.54 Å². The van der Waals surface area contributed by atoms with Crippen molar-refractivity contribution in [2.75, 3.05) is 21.3 Å². The number of para-hydroxylation sites is 1. The lowest BCUT2D eigenvalue weighted by molar-refractivity contribution is -0.384. The number of carbonyl (C=O) groups excluding carboxylic acids is 1. The summed E-state index contributed by atoms with van der Waals surface area (Å²) >= 11 is 0. The summed E-state index contributed by atoms with van der Waals surface area (Å²) in [6, 6.07) is 11.0. The first kappa shape index (κ1) is 17.3. The first-order valence-electron chi connectivity index (χ1n) is 7.17. The van der Waals surface area contributed by atoms with Crippen LogP contribution in [0.25, 0.3) is 0 Å². The van der Waals surface area contributed by atoms with E-state index in [1.165, 1.54) is 29.2 Å². The number of ether oxygens (including phenoxy) is 2. The van der Waals surface area contributed by atoms with Crippen LogP contribution in [0.1, 0.15) is 15.9 Å². The predicted octanol–water partition coefficient (Wildman–Crippen LogP) is 2.88. The Balaban J connectivity index is 2.19. The van der Waals surface area contributed by atoms with Crippen molar-refractivity contribution in [3.63, 3.8) is 0 Å². The van der Waals surface area contributed by atoms with E-state index in [2.05, 4.69) is 0 Å². The third-order valence-electron chi connectivity index (χ3n) is 3.56. The third kappa shape index (κ3) is 3.62. The summed E-state index contributed by atoms with van der Waals surface area (Å²) < 4.78 is 10.6. The molecule has 7 nitrogen and oxygen atoms in total. The second-order valence-corrected chi connectivity index (χ2v) is 5.12. The standard InChI is InChI=1S/C17H18N2O5/c1-18(11-13-5-4-6-15(23-2)16(13)24-3)17(20)12-7-9-14(10-8-12)19(21)22/h4-10H,11H2,1-3H3. The molecule has 0 bridgehead atoms. The molecule has 0 radical (unpaired) electrons. The van der Waals surface area contributed by atoms with Gasteiger partial charge in [0.15, 0.2) is 11.5 Å². The van der Waals surface area contributed by atoms with Gasteiger partial charge < -0.3 is 14.4 Å². The van der Waals surface area contributed by atoms with Crippen molar-refractivity contribution in [2.24, 2.45) is 0 Å². The number of nitro groups is 1. The summed E-state index contributed by atoms with van der Waals surface area (Å²) in [5.41, 5.74) is 1.13. The topological polar surface area (TPSA) is 81.9 Å². The Morgan fingerprint density at radius 2 is 1.79 bits per heavy atom. The number of amides is 1.